The molecule has 0 radical (unpaired) electrons. The molecule has 3 nitrogen and oxygen atoms in total. The number of fused-ring (bicyclic) bond motifs is 1. The van der Waals surface area contributed by atoms with Crippen LogP contribution in [0.1, 0.15) is 6.42 Å². The van der Waals surface area contributed by atoms with Crippen molar-refractivity contribution in [2.24, 2.45) is 11.8 Å². The smallest absolute Gasteiger partial charge is 0.0110 e. The van der Waals surface area contributed by atoms with Gasteiger partial charge in [-0.2, -0.15) is 0 Å². The van der Waals surface area contributed by atoms with Crippen LogP contribution in [0.5, 0.6) is 0 Å². The number of piperazine rings is 1. The number of nitrogens with zero attached hydrogens (tertiary/aromatic N) is 3. The van der Waals surface area contributed by atoms with E-state index in [0.29, 0.717) is 0 Å². The van der Waals surface area contributed by atoms with Crippen molar-refractivity contribution >= 4 is 0 Å². The van der Waals surface area contributed by atoms with Crippen molar-refractivity contribution in [2.45, 2.75) is 6.42 Å². The molecule has 86 valence electrons. The zero-order valence-corrected chi connectivity index (χ0v) is 9.86. The maximum atomic E-state index is 2.68. The Morgan fingerprint density at radius 2 is 1.47 bits per heavy atom. The van der Waals surface area contributed by atoms with Gasteiger partial charge in [-0.25, -0.2) is 0 Å². The van der Waals surface area contributed by atoms with Gasteiger partial charge in [-0.15, -0.1) is 0 Å². The maximum absolute atomic E-state index is 2.68. The summed E-state index contributed by atoms with van der Waals surface area (Å²) in [7, 11) is 2.23. The first kappa shape index (κ1) is 10.1. The molecule has 0 aromatic carbocycles. The Kier molecular flexibility index (Phi) is 2.71. The van der Waals surface area contributed by atoms with Crippen molar-refractivity contribution < 1.29 is 0 Å². The van der Waals surface area contributed by atoms with Gasteiger partial charge in [0, 0.05) is 52.4 Å². The van der Waals surface area contributed by atoms with Crippen molar-refractivity contribution in [2.75, 3.05) is 59.4 Å². The van der Waals surface area contributed by atoms with Crippen LogP contribution in [0.15, 0.2) is 0 Å². The molecular weight excluding hydrogens is 186 g/mol. The summed E-state index contributed by atoms with van der Waals surface area (Å²) in [5.74, 6) is 2.19. The van der Waals surface area contributed by atoms with E-state index >= 15 is 0 Å². The minimum absolute atomic E-state index is 1.09. The van der Waals surface area contributed by atoms with E-state index in [4.69, 9.17) is 0 Å². The molecule has 0 aromatic rings. The molecule has 3 aliphatic rings. The van der Waals surface area contributed by atoms with Crippen LogP contribution < -0.4 is 0 Å². The minimum Gasteiger partial charge on any atom is -0.304 e. The highest BCUT2D eigenvalue weighted by Crippen LogP contribution is 2.44. The van der Waals surface area contributed by atoms with Crippen LogP contribution in [0.3, 0.4) is 0 Å². The predicted molar refractivity (Wildman–Crippen MR) is 62.0 cm³/mol. The van der Waals surface area contributed by atoms with Gasteiger partial charge in [-0.3, -0.25) is 4.90 Å². The summed E-state index contributed by atoms with van der Waals surface area (Å²) in [5.41, 5.74) is 0. The van der Waals surface area contributed by atoms with Gasteiger partial charge in [0.2, 0.25) is 0 Å². The van der Waals surface area contributed by atoms with Crippen LogP contribution in [0.25, 0.3) is 0 Å². The largest absolute Gasteiger partial charge is 0.304 e. The molecule has 15 heavy (non-hydrogen) atoms. The van der Waals surface area contributed by atoms with Crippen LogP contribution in [0.4, 0.5) is 0 Å². The van der Waals surface area contributed by atoms with E-state index in [2.05, 4.69) is 21.7 Å². The molecule has 2 atom stereocenters. The fraction of sp³-hybridized carbons (Fsp3) is 1.00. The number of piperidine rings is 1. The molecule has 1 aliphatic carbocycles. The van der Waals surface area contributed by atoms with E-state index in [9.17, 15) is 0 Å². The quantitative estimate of drug-likeness (QED) is 0.657. The zero-order chi connectivity index (χ0) is 10.3. The summed E-state index contributed by atoms with van der Waals surface area (Å²) in [6, 6.07) is 0. The molecule has 3 rings (SSSR count). The van der Waals surface area contributed by atoms with Gasteiger partial charge in [0.1, 0.15) is 0 Å². The molecule has 2 aliphatic heterocycles. The minimum atomic E-state index is 1.09. The third kappa shape index (κ3) is 2.35. The van der Waals surface area contributed by atoms with Crippen LogP contribution in [0, 0.1) is 11.8 Å². The molecule has 0 aromatic heterocycles. The van der Waals surface area contributed by atoms with Gasteiger partial charge >= 0.3 is 0 Å². The second-order valence-electron chi connectivity index (χ2n) is 5.66. The van der Waals surface area contributed by atoms with Gasteiger partial charge in [0.15, 0.2) is 0 Å². The monoisotopic (exact) mass is 209 g/mol. The van der Waals surface area contributed by atoms with Crippen LogP contribution in [0.2, 0.25) is 0 Å². The SMILES string of the molecule is CN1CCN(CCN2CC3CC3C2)CC1. The van der Waals surface area contributed by atoms with E-state index in [-0.39, 0.29) is 0 Å². The van der Waals surface area contributed by atoms with E-state index in [1.807, 2.05) is 0 Å². The standard InChI is InChI=1S/C12H23N3/c1-13-2-4-14(5-3-13)6-7-15-9-11-8-12(11)10-15/h11-12H,2-10H2,1H3. The molecule has 0 bridgehead atoms. The number of hydrogen-bond donors (Lipinski definition) is 0. The lowest BCUT2D eigenvalue weighted by atomic mass is 10.3. The molecule has 2 unspecified atom stereocenters. The van der Waals surface area contributed by atoms with E-state index < -0.39 is 0 Å². The van der Waals surface area contributed by atoms with Crippen molar-refractivity contribution in [3.05, 3.63) is 0 Å². The molecule has 2 saturated heterocycles. The highest BCUT2D eigenvalue weighted by Gasteiger charge is 2.44. The third-order valence-electron chi connectivity index (χ3n) is 4.38. The first-order valence-electron chi connectivity index (χ1n) is 6.44. The van der Waals surface area contributed by atoms with Gasteiger partial charge in [-0.1, -0.05) is 0 Å². The van der Waals surface area contributed by atoms with Crippen LogP contribution in [-0.2, 0) is 0 Å². The molecule has 3 heteroatoms. The summed E-state index contributed by atoms with van der Waals surface area (Å²) in [6.45, 7) is 10.5. The van der Waals surface area contributed by atoms with E-state index in [0.717, 1.165) is 11.8 Å². The molecule has 0 spiro atoms. The number of hydrogen-bond acceptors (Lipinski definition) is 3. The maximum Gasteiger partial charge on any atom is 0.0110 e. The van der Waals surface area contributed by atoms with Gasteiger partial charge < -0.3 is 9.80 Å². The topological polar surface area (TPSA) is 9.72 Å². The van der Waals surface area contributed by atoms with Crippen molar-refractivity contribution in [3.63, 3.8) is 0 Å². The Labute approximate surface area is 93.0 Å². The summed E-state index contributed by atoms with van der Waals surface area (Å²) in [6.07, 6.45) is 1.53. The second-order valence-corrected chi connectivity index (χ2v) is 5.66. The van der Waals surface area contributed by atoms with Crippen molar-refractivity contribution in [3.8, 4) is 0 Å². The first-order valence-corrected chi connectivity index (χ1v) is 6.44. The highest BCUT2D eigenvalue weighted by atomic mass is 15.3. The summed E-state index contributed by atoms with van der Waals surface area (Å²) >= 11 is 0. The van der Waals surface area contributed by atoms with E-state index in [1.54, 1.807) is 0 Å². The normalized spacial score (nSPS) is 38.2. The average Bonchev–Trinajstić information content (AvgIpc) is 2.86. The van der Waals surface area contributed by atoms with Gasteiger partial charge in [-0.05, 0) is 25.3 Å². The molecule has 3 fully saturated rings. The highest BCUT2D eigenvalue weighted by molar-refractivity contribution is 4.96. The van der Waals surface area contributed by atoms with Crippen molar-refractivity contribution in [1.29, 1.82) is 0 Å². The summed E-state index contributed by atoms with van der Waals surface area (Å²) in [5, 5.41) is 0. The summed E-state index contributed by atoms with van der Waals surface area (Å²) < 4.78 is 0. The zero-order valence-electron chi connectivity index (χ0n) is 9.86. The fourth-order valence-corrected chi connectivity index (χ4v) is 3.03. The average molecular weight is 209 g/mol. The lowest BCUT2D eigenvalue weighted by Crippen LogP contribution is -2.46. The lowest BCUT2D eigenvalue weighted by molar-refractivity contribution is 0.138. The van der Waals surface area contributed by atoms with E-state index in [1.165, 1.54) is 58.8 Å². The molecule has 0 amide bonds. The Balaban J connectivity index is 1.35. The Hall–Kier alpha value is -0.120. The fourth-order valence-electron chi connectivity index (χ4n) is 3.03. The molecule has 2 heterocycles. The molecular formula is C12H23N3. The predicted octanol–water partition coefficient (Wildman–Crippen LogP) is 0.186. The Bertz CT molecular complexity index is 213. The van der Waals surface area contributed by atoms with Crippen LogP contribution >= 0.6 is 0 Å². The number of rotatable bonds is 3. The first-order chi connectivity index (χ1) is 7.31. The summed E-state index contributed by atoms with van der Waals surface area (Å²) in [4.78, 5) is 7.74. The van der Waals surface area contributed by atoms with Crippen LogP contribution in [-0.4, -0.2) is 74.1 Å². The Morgan fingerprint density at radius 3 is 2.13 bits per heavy atom. The van der Waals surface area contributed by atoms with Gasteiger partial charge in [0.25, 0.3) is 0 Å². The Morgan fingerprint density at radius 1 is 0.867 bits per heavy atom. The number of likely N-dealkylation sites (N-methyl/N-ethyl adjacent to an activating group) is 1. The lowest BCUT2D eigenvalue weighted by Gasteiger charge is -2.33. The van der Waals surface area contributed by atoms with Gasteiger partial charge in [0.05, 0.1) is 0 Å². The van der Waals surface area contributed by atoms with Crippen molar-refractivity contribution in [1.82, 2.24) is 14.7 Å². The molecule has 0 N–H and O–H groups in total. The number of likely N-dealkylation sites (tertiary alicyclic amines) is 1. The second kappa shape index (κ2) is 4.04. The third-order valence-corrected chi connectivity index (χ3v) is 4.38. The molecule has 1 saturated carbocycles.